The van der Waals surface area contributed by atoms with Crippen molar-refractivity contribution in [2.45, 2.75) is 165 Å². The zero-order valence-corrected chi connectivity index (χ0v) is 48.7. The first kappa shape index (κ1) is 58.1. The van der Waals surface area contributed by atoms with Crippen LogP contribution in [0.1, 0.15) is 152 Å². The molecule has 0 saturated carbocycles. The molecule has 0 saturated heterocycles. The lowest BCUT2D eigenvalue weighted by atomic mass is 9.98. The average Bonchev–Trinajstić information content (AvgIpc) is 4.48. The highest BCUT2D eigenvalue weighted by Crippen LogP contribution is 2.41. The van der Waals surface area contributed by atoms with Crippen LogP contribution in [0.15, 0.2) is 82.2 Å². The number of carbonyl (C=O) groups is 2. The summed E-state index contributed by atoms with van der Waals surface area (Å²) in [5, 5.41) is 30.6. The smallest absolute Gasteiger partial charge is 0.333 e. The number of primary sulfonamides is 1. The van der Waals surface area contributed by atoms with Crippen LogP contribution >= 0.6 is 0 Å². The van der Waals surface area contributed by atoms with Crippen LogP contribution in [0, 0.1) is 11.5 Å². The van der Waals surface area contributed by atoms with Crippen LogP contribution in [0.5, 0.6) is 5.75 Å². The lowest BCUT2D eigenvalue weighted by Crippen LogP contribution is -2.35. The number of rotatable bonds is 11. The Morgan fingerprint density at radius 2 is 0.975 bits per heavy atom. The highest BCUT2D eigenvalue weighted by molar-refractivity contribution is 7.90. The number of amides is 4. The van der Waals surface area contributed by atoms with E-state index in [0.717, 1.165) is 122 Å². The Balaban J connectivity index is 0.000000137. The predicted molar refractivity (Wildman–Crippen MR) is 307 cm³/mol. The Labute approximate surface area is 473 Å². The van der Waals surface area contributed by atoms with Crippen molar-refractivity contribution in [1.82, 2.24) is 38.8 Å². The van der Waals surface area contributed by atoms with Crippen LogP contribution in [0.4, 0.5) is 21.0 Å². The molecule has 428 valence electrons. The Morgan fingerprint density at radius 1 is 0.556 bits per heavy atom. The Morgan fingerprint density at radius 3 is 1.44 bits per heavy atom. The minimum Gasteiger partial charge on any atom is -0.387 e. The molecule has 6 aliphatic rings. The second kappa shape index (κ2) is 23.9. The summed E-state index contributed by atoms with van der Waals surface area (Å²) in [6, 6.07) is 9.56. The highest BCUT2D eigenvalue weighted by atomic mass is 32.2. The number of sulfonamides is 3. The van der Waals surface area contributed by atoms with Gasteiger partial charge in [-0.3, -0.25) is 14.0 Å². The Hall–Kier alpha value is -7.59. The molecule has 12 rings (SSSR count). The van der Waals surface area contributed by atoms with Crippen molar-refractivity contribution >= 4 is 65.7 Å². The largest absolute Gasteiger partial charge is 0.387 e. The maximum Gasteiger partial charge on any atom is 0.333 e. The maximum absolute atomic E-state index is 12.5. The van der Waals surface area contributed by atoms with E-state index >= 15 is 0 Å². The number of benzene rings is 3. The number of fused-ring (bicyclic) bond motifs is 6. The van der Waals surface area contributed by atoms with E-state index in [0.29, 0.717) is 0 Å². The quantitative estimate of drug-likeness (QED) is 0.0759. The van der Waals surface area contributed by atoms with Gasteiger partial charge >= 0.3 is 12.1 Å². The van der Waals surface area contributed by atoms with Crippen molar-refractivity contribution in [2.24, 2.45) is 5.14 Å². The number of hydrogen-bond acceptors (Lipinski definition) is 13. The molecule has 6 aromatic rings. The number of nitrogens with one attached hydrogen (secondary N) is 4. The van der Waals surface area contributed by atoms with Gasteiger partial charge in [-0.1, -0.05) is 42.5 Å². The van der Waals surface area contributed by atoms with Gasteiger partial charge in [-0.15, -0.1) is 5.26 Å². The van der Waals surface area contributed by atoms with Gasteiger partial charge in [0.1, 0.15) is 5.75 Å². The van der Waals surface area contributed by atoms with E-state index in [1.165, 1.54) is 79.3 Å². The zero-order valence-electron chi connectivity index (χ0n) is 46.2. The van der Waals surface area contributed by atoms with E-state index in [4.69, 9.17) is 15.1 Å². The molecule has 0 fully saturated rings. The summed E-state index contributed by atoms with van der Waals surface area (Å²) < 4.78 is 85.4. The number of allylic oxidation sites excluding steroid dienone is 2. The molecule has 21 nitrogen and oxygen atoms in total. The van der Waals surface area contributed by atoms with Crippen molar-refractivity contribution in [3.8, 4) is 12.0 Å². The van der Waals surface area contributed by atoms with Crippen molar-refractivity contribution in [3.63, 3.8) is 0 Å². The topological polar surface area (TPSA) is 297 Å². The van der Waals surface area contributed by atoms with Gasteiger partial charge in [-0.25, -0.2) is 32.6 Å². The fraction of sp³-hybridized carbons (Fsp3) is 0.404. The number of anilines is 2. The number of ether oxygens (including phenoxy) is 1. The number of nitrogens with two attached hydrogens (primary N) is 1. The average molecular weight is 1160 g/mol. The molecule has 3 heterocycles. The van der Waals surface area contributed by atoms with Crippen molar-refractivity contribution < 1.29 is 39.6 Å². The van der Waals surface area contributed by atoms with Gasteiger partial charge in [0.25, 0.3) is 36.3 Å². The second-order valence-electron chi connectivity index (χ2n) is 21.6. The molecule has 0 bridgehead atoms. The number of urea groups is 2. The summed E-state index contributed by atoms with van der Waals surface area (Å²) in [5.41, 5.74) is 15.9. The van der Waals surface area contributed by atoms with Crippen LogP contribution in [-0.4, -0.2) is 66.7 Å². The number of nitrogens with zero attached hydrogens (tertiary/aromatic N) is 7. The third kappa shape index (κ3) is 13.0. The Kier molecular flexibility index (Phi) is 17.1. The monoisotopic (exact) mass is 1160 g/mol. The molecular formula is C57H68N12O9S3. The van der Waals surface area contributed by atoms with Gasteiger partial charge in [0.2, 0.25) is 0 Å². The van der Waals surface area contributed by atoms with E-state index < -0.39 is 42.1 Å². The van der Waals surface area contributed by atoms with E-state index in [9.17, 15) is 34.8 Å². The van der Waals surface area contributed by atoms with E-state index in [1.807, 2.05) is 59.9 Å². The van der Waals surface area contributed by atoms with Gasteiger partial charge < -0.3 is 15.4 Å². The molecule has 0 aliphatic heterocycles. The van der Waals surface area contributed by atoms with Gasteiger partial charge in [0.15, 0.2) is 15.1 Å². The first-order chi connectivity index (χ1) is 38.5. The summed E-state index contributed by atoms with van der Waals surface area (Å²) in [4.78, 5) is 25.0. The highest BCUT2D eigenvalue weighted by Gasteiger charge is 2.29. The number of hydrogen-bond donors (Lipinski definition) is 5. The van der Waals surface area contributed by atoms with E-state index in [-0.39, 0.29) is 33.2 Å². The molecule has 81 heavy (non-hydrogen) atoms. The van der Waals surface area contributed by atoms with Crippen LogP contribution in [-0.2, 0) is 94.3 Å². The summed E-state index contributed by atoms with van der Waals surface area (Å²) in [7, 11) is -11.7. The lowest BCUT2D eigenvalue weighted by Gasteiger charge is -2.16. The van der Waals surface area contributed by atoms with Crippen molar-refractivity contribution in [1.29, 1.82) is 5.26 Å². The maximum atomic E-state index is 12.5. The molecule has 4 amide bonds. The van der Waals surface area contributed by atoms with Gasteiger partial charge in [-0.05, 0) is 211 Å². The molecule has 6 aliphatic carbocycles. The van der Waals surface area contributed by atoms with Gasteiger partial charge in [0.05, 0.1) is 5.69 Å². The third-order valence-corrected chi connectivity index (χ3v) is 18.2. The number of carbonyl (C=O) groups excluding carboxylic acids is 2. The SMILES string of the molecule is CC(C)n1ccc(S(=O)(=O)NC(=O)Nc2c3c(cc4c2CCC4)C=CC3)n1.CC(C)n1ccc(S(=O)(=O)NC(=O)Nc2c3c(cc4c2CCC4)CC=C3)n1.CC(C)n1ccc(S(N)(=O)=O)n1.N#COc1c2c(cc3c1CCC3)CCC2. The molecule has 3 aromatic heterocycles. The van der Waals surface area contributed by atoms with Gasteiger partial charge in [-0.2, -0.15) is 32.1 Å². The fourth-order valence-corrected chi connectivity index (χ4v) is 13.2. The van der Waals surface area contributed by atoms with E-state index in [1.54, 1.807) is 23.3 Å². The van der Waals surface area contributed by atoms with Crippen LogP contribution in [0.3, 0.4) is 0 Å². The van der Waals surface area contributed by atoms with Crippen LogP contribution < -0.4 is 30.0 Å². The minimum atomic E-state index is -4.03. The zero-order chi connectivity index (χ0) is 58.0. The minimum absolute atomic E-state index is 0.0315. The van der Waals surface area contributed by atoms with Crippen molar-refractivity contribution in [2.75, 3.05) is 10.6 Å². The first-order valence-corrected chi connectivity index (χ1v) is 31.8. The van der Waals surface area contributed by atoms with Crippen LogP contribution in [0.2, 0.25) is 0 Å². The molecule has 0 radical (unpaired) electrons. The number of nitriles is 1. The molecule has 0 atom stereocenters. The first-order valence-electron chi connectivity index (χ1n) is 27.3. The summed E-state index contributed by atoms with van der Waals surface area (Å²) in [6.45, 7) is 11.4. The summed E-state index contributed by atoms with van der Waals surface area (Å²) in [5.74, 6) is 0.903. The predicted octanol–water partition coefficient (Wildman–Crippen LogP) is 8.70. The molecular weight excluding hydrogens is 1090 g/mol. The van der Waals surface area contributed by atoms with Crippen LogP contribution in [0.25, 0.3) is 12.2 Å². The lowest BCUT2D eigenvalue weighted by molar-refractivity contribution is 0.255. The molecule has 0 spiro atoms. The number of aryl methyl sites for hydroxylation is 4. The standard InChI is InChI=1S/2C19H22N4O3S.C13H13NO.C6H11N3O2S/c2*1-12(2)23-10-9-17(21-23)27(25,26)22-19(24)20-18-15-7-3-5-13(15)11-14-6-4-8-16(14)18;14-8-15-13-11-5-1-3-9(11)7-10-4-2-6-12(10)13;1-5(2)9-4-3-6(8-9)12(7,10)11/h3,7,9-12H,4-6,8H2,1-2H3,(H2,20,22,24);3,5,9-12H,4,6-8H2,1-2H3,(H2,20,22,24);7H,1-6H2;3-5H,1-2H3,(H2,7,10,11). The molecule has 3 aromatic carbocycles. The third-order valence-electron chi connectivity index (χ3n) is 15.0. The van der Waals surface area contributed by atoms with Crippen molar-refractivity contribution in [3.05, 3.63) is 134 Å². The molecule has 24 heteroatoms. The summed E-state index contributed by atoms with van der Waals surface area (Å²) >= 11 is 0. The number of aromatic nitrogens is 6. The summed E-state index contributed by atoms with van der Waals surface area (Å²) in [6.07, 6.45) is 29.1. The Bertz CT molecular complexity index is 3850. The molecule has 6 N–H and O–H groups in total. The normalized spacial score (nSPS) is 15.0. The molecule has 0 unspecified atom stereocenters. The van der Waals surface area contributed by atoms with Gasteiger partial charge in [0, 0.05) is 48.0 Å². The van der Waals surface area contributed by atoms with E-state index in [2.05, 4.69) is 65.7 Å². The fourth-order valence-electron chi connectivity index (χ4n) is 11.1. The second-order valence-corrected chi connectivity index (χ2v) is 26.3.